The van der Waals surface area contributed by atoms with Crippen LogP contribution in [0.5, 0.6) is 23.0 Å². The Bertz CT molecular complexity index is 782. The second kappa shape index (κ2) is 9.96. The lowest BCUT2D eigenvalue weighted by Crippen LogP contribution is -2.30. The average Bonchev–Trinajstić information content (AvgIpc) is 2.75. The van der Waals surface area contributed by atoms with Crippen LogP contribution in [-0.2, 0) is 9.47 Å². The Morgan fingerprint density at radius 1 is 0.714 bits per heavy atom. The predicted molar refractivity (Wildman–Crippen MR) is 104 cm³/mol. The van der Waals surface area contributed by atoms with Crippen LogP contribution >= 0.6 is 0 Å². The van der Waals surface area contributed by atoms with Gasteiger partial charge in [0, 0.05) is 20.3 Å². The number of carbonyl (C=O) groups excluding carboxylic acids is 1. The lowest BCUT2D eigenvalue weighted by Gasteiger charge is -2.25. The van der Waals surface area contributed by atoms with E-state index in [2.05, 4.69) is 0 Å². The largest absolute Gasteiger partial charge is 0.497 e. The van der Waals surface area contributed by atoms with Crippen LogP contribution in [-0.4, -0.2) is 54.7 Å². The number of hydrogen-bond acceptors (Lipinski definition) is 7. The molecule has 0 aliphatic heterocycles. The zero-order valence-corrected chi connectivity index (χ0v) is 17.0. The topological polar surface area (TPSA) is 72.5 Å². The van der Waals surface area contributed by atoms with Gasteiger partial charge < -0.3 is 28.4 Å². The molecule has 0 saturated heterocycles. The number of Topliss-reactive ketones (excluding diaryl/α,β-unsaturated/α-hetero) is 1. The van der Waals surface area contributed by atoms with Crippen LogP contribution in [0.25, 0.3) is 0 Å². The molecule has 1 atom stereocenters. The van der Waals surface area contributed by atoms with Gasteiger partial charge in [-0.1, -0.05) is 12.1 Å². The van der Waals surface area contributed by atoms with E-state index in [4.69, 9.17) is 28.4 Å². The maximum absolute atomic E-state index is 13.5. The average molecular weight is 390 g/mol. The van der Waals surface area contributed by atoms with Crippen LogP contribution in [0.2, 0.25) is 0 Å². The van der Waals surface area contributed by atoms with Gasteiger partial charge in [-0.25, -0.2) is 0 Å². The summed E-state index contributed by atoms with van der Waals surface area (Å²) < 4.78 is 32.1. The van der Waals surface area contributed by atoms with Gasteiger partial charge >= 0.3 is 0 Å². The minimum atomic E-state index is -0.793. The van der Waals surface area contributed by atoms with Crippen molar-refractivity contribution in [1.82, 2.24) is 0 Å². The second-order valence-electron chi connectivity index (χ2n) is 5.86. The maximum atomic E-state index is 13.5. The molecule has 1 unspecified atom stereocenters. The van der Waals surface area contributed by atoms with Gasteiger partial charge in [0.25, 0.3) is 0 Å². The third-order valence-electron chi connectivity index (χ3n) is 4.47. The molecule has 0 spiro atoms. The molecule has 0 radical (unpaired) electrons. The molecule has 0 bridgehead atoms. The number of hydrogen-bond donors (Lipinski definition) is 0. The smallest absolute Gasteiger partial charge is 0.179 e. The third-order valence-corrected chi connectivity index (χ3v) is 4.47. The number of methoxy groups -OCH3 is 6. The van der Waals surface area contributed by atoms with E-state index >= 15 is 0 Å². The standard InChI is InChI=1S/C21H26O7/c1-23-14-9-7-13(8-10-14)19(21(27-5)28-6)20(22)15-11-17(25-3)18(26-4)12-16(15)24-2/h7-12,19,21H,1-6H3. The minimum absolute atomic E-state index is 0.239. The summed E-state index contributed by atoms with van der Waals surface area (Å²) in [6.07, 6.45) is -0.793. The monoisotopic (exact) mass is 390 g/mol. The number of carbonyl (C=O) groups is 1. The summed E-state index contributed by atoms with van der Waals surface area (Å²) in [6, 6.07) is 10.4. The summed E-state index contributed by atoms with van der Waals surface area (Å²) in [7, 11) is 9.08. The molecular formula is C21H26O7. The number of rotatable bonds is 10. The first kappa shape index (κ1) is 21.5. The molecule has 152 valence electrons. The molecule has 7 nitrogen and oxygen atoms in total. The summed E-state index contributed by atoms with van der Waals surface area (Å²) in [6.45, 7) is 0. The van der Waals surface area contributed by atoms with E-state index in [0.717, 1.165) is 5.56 Å². The highest BCUT2D eigenvalue weighted by molar-refractivity contribution is 6.04. The van der Waals surface area contributed by atoms with E-state index in [-0.39, 0.29) is 5.78 Å². The van der Waals surface area contributed by atoms with Crippen LogP contribution in [0.15, 0.2) is 36.4 Å². The minimum Gasteiger partial charge on any atom is -0.497 e. The van der Waals surface area contributed by atoms with Gasteiger partial charge in [0.2, 0.25) is 0 Å². The molecule has 28 heavy (non-hydrogen) atoms. The first-order valence-corrected chi connectivity index (χ1v) is 8.58. The van der Waals surface area contributed by atoms with Gasteiger partial charge in [-0.2, -0.15) is 0 Å². The molecule has 0 saturated carbocycles. The van der Waals surface area contributed by atoms with Gasteiger partial charge in [0.15, 0.2) is 23.6 Å². The zero-order chi connectivity index (χ0) is 20.7. The number of ether oxygens (including phenoxy) is 6. The van der Waals surface area contributed by atoms with Crippen molar-refractivity contribution < 1.29 is 33.2 Å². The highest BCUT2D eigenvalue weighted by Crippen LogP contribution is 2.38. The number of benzene rings is 2. The van der Waals surface area contributed by atoms with Crippen molar-refractivity contribution in [1.29, 1.82) is 0 Å². The van der Waals surface area contributed by atoms with Crippen molar-refractivity contribution in [3.8, 4) is 23.0 Å². The van der Waals surface area contributed by atoms with Gasteiger partial charge in [-0.05, 0) is 23.8 Å². The molecule has 0 N–H and O–H groups in total. The van der Waals surface area contributed by atoms with Crippen molar-refractivity contribution in [2.75, 3.05) is 42.7 Å². The Morgan fingerprint density at radius 2 is 1.25 bits per heavy atom. The van der Waals surface area contributed by atoms with E-state index in [9.17, 15) is 4.79 Å². The summed E-state index contributed by atoms with van der Waals surface area (Å²) in [4.78, 5) is 13.5. The molecule has 0 heterocycles. The molecule has 2 rings (SSSR count). The van der Waals surface area contributed by atoms with Crippen LogP contribution in [0.1, 0.15) is 21.8 Å². The Kier molecular flexibility index (Phi) is 7.66. The molecule has 0 aromatic heterocycles. The van der Waals surface area contributed by atoms with Crippen molar-refractivity contribution in [3.63, 3.8) is 0 Å². The zero-order valence-electron chi connectivity index (χ0n) is 17.0. The predicted octanol–water partition coefficient (Wildman–Crippen LogP) is 3.31. The first-order chi connectivity index (χ1) is 13.5. The van der Waals surface area contributed by atoms with E-state index < -0.39 is 12.2 Å². The first-order valence-electron chi connectivity index (χ1n) is 8.58. The molecule has 7 heteroatoms. The summed E-state index contributed by atoms with van der Waals surface area (Å²) >= 11 is 0. The maximum Gasteiger partial charge on any atom is 0.179 e. The van der Waals surface area contributed by atoms with Crippen LogP contribution in [0.3, 0.4) is 0 Å². The molecule has 0 amide bonds. The second-order valence-corrected chi connectivity index (χ2v) is 5.86. The van der Waals surface area contributed by atoms with E-state index in [0.29, 0.717) is 28.6 Å². The fraction of sp³-hybridized carbons (Fsp3) is 0.381. The van der Waals surface area contributed by atoms with Crippen molar-refractivity contribution >= 4 is 5.78 Å². The third kappa shape index (κ3) is 4.37. The molecule has 0 aliphatic carbocycles. The van der Waals surface area contributed by atoms with Crippen molar-refractivity contribution in [2.45, 2.75) is 12.2 Å². The summed E-state index contributed by atoms with van der Waals surface area (Å²) in [5.41, 5.74) is 1.05. The number of ketones is 1. The molecule has 2 aromatic carbocycles. The van der Waals surface area contributed by atoms with Gasteiger partial charge in [-0.15, -0.1) is 0 Å². The molecular weight excluding hydrogens is 364 g/mol. The summed E-state index contributed by atoms with van der Waals surface area (Å²) in [5.74, 6) is 0.972. The fourth-order valence-electron chi connectivity index (χ4n) is 3.00. The fourth-order valence-corrected chi connectivity index (χ4v) is 3.00. The normalized spacial score (nSPS) is 11.8. The van der Waals surface area contributed by atoms with Crippen molar-refractivity contribution in [2.24, 2.45) is 0 Å². The van der Waals surface area contributed by atoms with Crippen molar-refractivity contribution in [3.05, 3.63) is 47.5 Å². The lowest BCUT2D eigenvalue weighted by atomic mass is 9.89. The highest BCUT2D eigenvalue weighted by atomic mass is 16.7. The van der Waals surface area contributed by atoms with Gasteiger partial charge in [0.05, 0.1) is 39.9 Å². The lowest BCUT2D eigenvalue weighted by molar-refractivity contribution is -0.110. The Hall–Kier alpha value is -2.77. The van der Waals surface area contributed by atoms with Gasteiger partial charge in [-0.3, -0.25) is 4.79 Å². The Labute approximate surface area is 165 Å². The SMILES string of the molecule is COc1ccc(C(C(=O)c2cc(OC)c(OC)cc2OC)C(OC)OC)cc1. The van der Waals surface area contributed by atoms with Gasteiger partial charge in [0.1, 0.15) is 11.5 Å². The molecule has 0 fully saturated rings. The van der Waals surface area contributed by atoms with E-state index in [1.165, 1.54) is 35.5 Å². The quantitative estimate of drug-likeness (QED) is 0.455. The van der Waals surface area contributed by atoms with Crippen LogP contribution in [0.4, 0.5) is 0 Å². The van der Waals surface area contributed by atoms with E-state index in [1.54, 1.807) is 43.5 Å². The van der Waals surface area contributed by atoms with E-state index in [1.807, 2.05) is 0 Å². The summed E-state index contributed by atoms with van der Waals surface area (Å²) in [5, 5.41) is 0. The molecule has 0 aliphatic rings. The van der Waals surface area contributed by atoms with Crippen LogP contribution < -0.4 is 18.9 Å². The Morgan fingerprint density at radius 3 is 1.71 bits per heavy atom. The molecule has 2 aromatic rings. The Balaban J connectivity index is 2.58. The van der Waals surface area contributed by atoms with Crippen LogP contribution in [0, 0.1) is 0 Å². The highest BCUT2D eigenvalue weighted by Gasteiger charge is 2.33.